The van der Waals surface area contributed by atoms with Gasteiger partial charge >= 0.3 is 5.97 Å². The van der Waals surface area contributed by atoms with E-state index < -0.39 is 12.1 Å². The third-order valence-electron chi connectivity index (χ3n) is 3.61. The smallest absolute Gasteiger partial charge is 0.339 e. The lowest BCUT2D eigenvalue weighted by Crippen LogP contribution is -2.21. The normalized spacial score (nSPS) is 11.6. The van der Waals surface area contributed by atoms with Crippen LogP contribution >= 0.6 is 0 Å². The zero-order valence-corrected chi connectivity index (χ0v) is 14.4. The van der Waals surface area contributed by atoms with Crippen LogP contribution in [0.4, 0.5) is 0 Å². The topological polar surface area (TPSA) is 71.1 Å². The number of carbonyl (C=O) groups is 2. The molecule has 2 aromatic rings. The molecule has 6 heteroatoms. The number of benzene rings is 2. The predicted molar refractivity (Wildman–Crippen MR) is 90.6 cm³/mol. The Labute approximate surface area is 146 Å². The summed E-state index contributed by atoms with van der Waals surface area (Å²) < 4.78 is 20.2. The summed E-state index contributed by atoms with van der Waals surface area (Å²) in [5, 5.41) is 0. The lowest BCUT2D eigenvalue weighted by Gasteiger charge is -2.18. The van der Waals surface area contributed by atoms with Crippen LogP contribution in [0.15, 0.2) is 48.5 Å². The van der Waals surface area contributed by atoms with Crippen LogP contribution in [0.5, 0.6) is 5.75 Å². The van der Waals surface area contributed by atoms with E-state index >= 15 is 0 Å². The number of esters is 1. The van der Waals surface area contributed by atoms with Crippen LogP contribution in [0.25, 0.3) is 0 Å². The maximum absolute atomic E-state index is 12.9. The van der Waals surface area contributed by atoms with Gasteiger partial charge in [-0.25, -0.2) is 4.79 Å². The molecule has 0 saturated carbocycles. The van der Waals surface area contributed by atoms with Crippen LogP contribution in [0.1, 0.15) is 27.6 Å². The summed E-state index contributed by atoms with van der Waals surface area (Å²) in [5.74, 6) is -0.180. The largest absolute Gasteiger partial charge is 0.497 e. The molecule has 1 atom stereocenters. The molecular formula is C19H20O6. The van der Waals surface area contributed by atoms with Gasteiger partial charge in [0.05, 0.1) is 14.2 Å². The molecule has 25 heavy (non-hydrogen) atoms. The number of carbonyl (C=O) groups excluding carboxylic acids is 2. The Hall–Kier alpha value is -2.70. The summed E-state index contributed by atoms with van der Waals surface area (Å²) in [6.07, 6.45) is -1.05. The van der Waals surface area contributed by atoms with Crippen LogP contribution in [0.3, 0.4) is 0 Å². The minimum atomic E-state index is -1.05. The molecule has 0 amide bonds. The molecule has 0 N–H and O–H groups in total. The highest BCUT2D eigenvalue weighted by molar-refractivity contribution is 6.10. The molecule has 0 aliphatic carbocycles. The molecule has 1 unspecified atom stereocenters. The predicted octanol–water partition coefficient (Wildman–Crippen LogP) is 2.76. The first-order valence-electron chi connectivity index (χ1n) is 7.58. The van der Waals surface area contributed by atoms with E-state index in [1.807, 2.05) is 0 Å². The van der Waals surface area contributed by atoms with E-state index in [4.69, 9.17) is 18.9 Å². The van der Waals surface area contributed by atoms with Gasteiger partial charge in [0, 0.05) is 23.8 Å². The standard InChI is InChI=1S/C19H20O6/c1-22-12-25-18(19(21)24-3)16-7-5-4-6-15(16)17(20)13-8-10-14(23-2)11-9-13/h4-11,18H,12H2,1-3H3. The molecule has 0 aromatic heterocycles. The fraction of sp³-hybridized carbons (Fsp3) is 0.263. The number of hydrogen-bond donors (Lipinski definition) is 0. The third kappa shape index (κ3) is 4.43. The minimum absolute atomic E-state index is 0.106. The lowest BCUT2D eigenvalue weighted by molar-refractivity contribution is -0.163. The first-order chi connectivity index (χ1) is 12.1. The fourth-order valence-electron chi connectivity index (χ4n) is 2.36. The monoisotopic (exact) mass is 344 g/mol. The summed E-state index contributed by atoms with van der Waals surface area (Å²) in [4.78, 5) is 25.0. The van der Waals surface area contributed by atoms with E-state index in [1.54, 1.807) is 55.6 Å². The third-order valence-corrected chi connectivity index (χ3v) is 3.61. The van der Waals surface area contributed by atoms with E-state index in [9.17, 15) is 9.59 Å². The molecule has 0 heterocycles. The van der Waals surface area contributed by atoms with E-state index in [0.29, 0.717) is 22.4 Å². The quantitative estimate of drug-likeness (QED) is 0.417. The van der Waals surface area contributed by atoms with E-state index in [0.717, 1.165) is 0 Å². The van der Waals surface area contributed by atoms with Gasteiger partial charge < -0.3 is 18.9 Å². The lowest BCUT2D eigenvalue weighted by atomic mass is 9.95. The molecule has 0 saturated heterocycles. The van der Waals surface area contributed by atoms with Crippen molar-refractivity contribution in [3.63, 3.8) is 0 Å². The van der Waals surface area contributed by atoms with Gasteiger partial charge in [-0.05, 0) is 24.3 Å². The van der Waals surface area contributed by atoms with Crippen molar-refractivity contribution in [1.82, 2.24) is 0 Å². The first kappa shape index (κ1) is 18.6. The van der Waals surface area contributed by atoms with Crippen molar-refractivity contribution in [3.05, 3.63) is 65.2 Å². The van der Waals surface area contributed by atoms with Gasteiger partial charge in [-0.3, -0.25) is 4.79 Å². The van der Waals surface area contributed by atoms with Crippen molar-refractivity contribution in [3.8, 4) is 5.75 Å². The van der Waals surface area contributed by atoms with Crippen LogP contribution in [-0.4, -0.2) is 39.9 Å². The Kier molecular flexibility index (Phi) is 6.68. The number of hydrogen-bond acceptors (Lipinski definition) is 6. The van der Waals surface area contributed by atoms with Gasteiger partial charge in [0.15, 0.2) is 11.9 Å². The molecule has 2 rings (SSSR count). The molecule has 0 fully saturated rings. The first-order valence-corrected chi connectivity index (χ1v) is 7.58. The summed E-state index contributed by atoms with van der Waals surface area (Å²) >= 11 is 0. The molecule has 6 nitrogen and oxygen atoms in total. The average molecular weight is 344 g/mol. The summed E-state index contributed by atoms with van der Waals surface area (Å²) in [6.45, 7) is -0.106. The van der Waals surface area contributed by atoms with Crippen molar-refractivity contribution >= 4 is 11.8 Å². The van der Waals surface area contributed by atoms with Crippen LogP contribution in [0, 0.1) is 0 Å². The molecule has 0 spiro atoms. The Morgan fingerprint density at radius 1 is 0.960 bits per heavy atom. The number of ether oxygens (including phenoxy) is 4. The van der Waals surface area contributed by atoms with Crippen molar-refractivity contribution in [1.29, 1.82) is 0 Å². The maximum Gasteiger partial charge on any atom is 0.339 e. The Balaban J connectivity index is 2.40. The van der Waals surface area contributed by atoms with Crippen molar-refractivity contribution in [2.75, 3.05) is 28.1 Å². The average Bonchev–Trinajstić information content (AvgIpc) is 2.67. The highest BCUT2D eigenvalue weighted by atomic mass is 16.7. The minimum Gasteiger partial charge on any atom is -0.497 e. The molecule has 0 aliphatic rings. The second kappa shape index (κ2) is 8.96. The molecule has 0 radical (unpaired) electrons. The number of ketones is 1. The number of methoxy groups -OCH3 is 3. The Morgan fingerprint density at radius 3 is 2.24 bits per heavy atom. The van der Waals surface area contributed by atoms with Gasteiger partial charge in [0.1, 0.15) is 12.5 Å². The Morgan fingerprint density at radius 2 is 1.64 bits per heavy atom. The van der Waals surface area contributed by atoms with Crippen molar-refractivity contribution in [2.45, 2.75) is 6.10 Å². The van der Waals surface area contributed by atoms with Crippen LogP contribution in [-0.2, 0) is 19.0 Å². The summed E-state index contributed by atoms with van der Waals surface area (Å²) in [7, 11) is 4.27. The van der Waals surface area contributed by atoms with E-state index in [-0.39, 0.29) is 12.6 Å². The second-order valence-electron chi connectivity index (χ2n) is 5.12. The zero-order chi connectivity index (χ0) is 18.2. The van der Waals surface area contributed by atoms with Gasteiger partial charge in [-0.15, -0.1) is 0 Å². The van der Waals surface area contributed by atoms with Crippen LogP contribution in [0.2, 0.25) is 0 Å². The fourth-order valence-corrected chi connectivity index (χ4v) is 2.36. The van der Waals surface area contributed by atoms with Gasteiger partial charge in [-0.2, -0.15) is 0 Å². The van der Waals surface area contributed by atoms with E-state index in [2.05, 4.69) is 0 Å². The zero-order valence-electron chi connectivity index (χ0n) is 14.4. The van der Waals surface area contributed by atoms with Gasteiger partial charge in [0.25, 0.3) is 0 Å². The van der Waals surface area contributed by atoms with Crippen molar-refractivity contribution < 1.29 is 28.5 Å². The van der Waals surface area contributed by atoms with Crippen molar-refractivity contribution in [2.24, 2.45) is 0 Å². The molecule has 2 aromatic carbocycles. The van der Waals surface area contributed by atoms with E-state index in [1.165, 1.54) is 14.2 Å². The molecule has 132 valence electrons. The second-order valence-corrected chi connectivity index (χ2v) is 5.12. The molecular weight excluding hydrogens is 324 g/mol. The molecule has 0 bridgehead atoms. The highest BCUT2D eigenvalue weighted by Crippen LogP contribution is 2.26. The SMILES string of the molecule is COCOC(C(=O)OC)c1ccccc1C(=O)c1ccc(OC)cc1. The van der Waals surface area contributed by atoms with Crippen LogP contribution < -0.4 is 4.74 Å². The number of rotatable bonds is 8. The highest BCUT2D eigenvalue weighted by Gasteiger charge is 2.27. The summed E-state index contributed by atoms with van der Waals surface area (Å²) in [5.41, 5.74) is 1.26. The Bertz CT molecular complexity index is 723. The maximum atomic E-state index is 12.9. The van der Waals surface area contributed by atoms with Gasteiger partial charge in [-0.1, -0.05) is 24.3 Å². The molecule has 0 aliphatic heterocycles. The summed E-state index contributed by atoms with van der Waals surface area (Å²) in [6, 6.07) is 13.5. The van der Waals surface area contributed by atoms with Gasteiger partial charge in [0.2, 0.25) is 0 Å².